The number of nitrogens with one attached hydrogen (secondary N) is 2. The molecule has 1 aliphatic heterocycles. The molecule has 0 radical (unpaired) electrons. The molecule has 0 atom stereocenters. The Hall–Kier alpha value is -0.570. The fraction of sp³-hybridized carbons (Fsp3) is 0.900. The molecule has 2 fully saturated rings. The average Bonchev–Trinajstić information content (AvgIpc) is 2.67. The average molecular weight is 493 g/mol. The van der Waals surface area contributed by atoms with Gasteiger partial charge >= 0.3 is 0 Å². The van der Waals surface area contributed by atoms with Gasteiger partial charge in [0.1, 0.15) is 0 Å². The summed E-state index contributed by atoms with van der Waals surface area (Å²) in [5.41, 5.74) is 0.250. The van der Waals surface area contributed by atoms with E-state index in [9.17, 15) is 4.79 Å². The van der Waals surface area contributed by atoms with Crippen LogP contribution in [0.3, 0.4) is 0 Å². The molecule has 2 N–H and O–H groups in total. The first-order valence-electron chi connectivity index (χ1n) is 10.5. The number of hydrogen-bond donors (Lipinski definition) is 2. The van der Waals surface area contributed by atoms with E-state index >= 15 is 0 Å². The first kappa shape index (κ1) is 24.5. The van der Waals surface area contributed by atoms with E-state index in [-0.39, 0.29) is 35.4 Å². The lowest BCUT2D eigenvalue weighted by Gasteiger charge is -2.47. The maximum Gasteiger partial charge on any atom is 0.223 e. The highest BCUT2D eigenvalue weighted by Gasteiger charge is 2.38. The standard InChI is InChI=1S/C20H39N5O.HI/c1-4-21-19(22-14-11-18(26)24(2)3)23-17-20(12-7-5-8-13-20)25-15-9-6-10-16-25;/h4-17H2,1-3H3,(H2,21,22,23);1H. The molecular formula is C20H40IN5O. The minimum atomic E-state index is 0. The number of halogens is 1. The van der Waals surface area contributed by atoms with Gasteiger partial charge in [0.25, 0.3) is 0 Å². The quantitative estimate of drug-likeness (QED) is 0.326. The van der Waals surface area contributed by atoms with Gasteiger partial charge in [-0.3, -0.25) is 14.7 Å². The zero-order valence-corrected chi connectivity index (χ0v) is 19.9. The second-order valence-corrected chi connectivity index (χ2v) is 7.99. The number of hydrogen-bond acceptors (Lipinski definition) is 3. The monoisotopic (exact) mass is 493 g/mol. The van der Waals surface area contributed by atoms with E-state index in [4.69, 9.17) is 4.99 Å². The van der Waals surface area contributed by atoms with Crippen LogP contribution in [0.25, 0.3) is 0 Å². The van der Waals surface area contributed by atoms with Crippen LogP contribution in [0.5, 0.6) is 0 Å². The van der Waals surface area contributed by atoms with Gasteiger partial charge in [0.05, 0.1) is 6.54 Å². The lowest BCUT2D eigenvalue weighted by atomic mass is 9.79. The molecule has 1 amide bonds. The van der Waals surface area contributed by atoms with E-state index in [1.165, 1.54) is 64.5 Å². The maximum atomic E-state index is 11.8. The largest absolute Gasteiger partial charge is 0.357 e. The summed E-state index contributed by atoms with van der Waals surface area (Å²) in [5.74, 6) is 0.992. The maximum absolute atomic E-state index is 11.8. The molecule has 0 aromatic carbocycles. The number of likely N-dealkylation sites (tertiary alicyclic amines) is 1. The van der Waals surface area contributed by atoms with Gasteiger partial charge in [-0.2, -0.15) is 0 Å². The van der Waals surface area contributed by atoms with Crippen molar-refractivity contribution in [1.82, 2.24) is 20.4 Å². The minimum Gasteiger partial charge on any atom is -0.357 e. The summed E-state index contributed by atoms with van der Waals surface area (Å²) < 4.78 is 0. The second kappa shape index (κ2) is 12.8. The Kier molecular flexibility index (Phi) is 11.6. The smallest absolute Gasteiger partial charge is 0.223 e. The molecule has 0 spiro atoms. The fourth-order valence-electron chi connectivity index (χ4n) is 4.23. The molecule has 158 valence electrons. The Morgan fingerprint density at radius 2 is 1.67 bits per heavy atom. The van der Waals surface area contributed by atoms with Gasteiger partial charge in [-0.1, -0.05) is 25.7 Å². The Morgan fingerprint density at radius 3 is 2.26 bits per heavy atom. The lowest BCUT2D eigenvalue weighted by molar-refractivity contribution is -0.128. The van der Waals surface area contributed by atoms with Crippen LogP contribution in [0.2, 0.25) is 0 Å². The highest BCUT2D eigenvalue weighted by Crippen LogP contribution is 2.35. The third-order valence-corrected chi connectivity index (χ3v) is 5.82. The van der Waals surface area contributed by atoms with Crippen LogP contribution >= 0.6 is 24.0 Å². The van der Waals surface area contributed by atoms with Crippen LogP contribution in [0.15, 0.2) is 4.99 Å². The number of piperidine rings is 1. The van der Waals surface area contributed by atoms with Crippen molar-refractivity contribution in [3.63, 3.8) is 0 Å². The summed E-state index contributed by atoms with van der Waals surface area (Å²) in [6, 6.07) is 0. The van der Waals surface area contributed by atoms with Gasteiger partial charge in [-0.25, -0.2) is 0 Å². The van der Waals surface area contributed by atoms with Crippen molar-refractivity contribution < 1.29 is 4.79 Å². The SMILES string of the molecule is CCNC(=NCC1(N2CCCCC2)CCCCC1)NCCC(=O)N(C)C.I. The number of nitrogens with zero attached hydrogens (tertiary/aromatic N) is 3. The molecule has 1 saturated carbocycles. The summed E-state index contributed by atoms with van der Waals surface area (Å²) in [5, 5.41) is 6.68. The molecule has 0 unspecified atom stereocenters. The van der Waals surface area contributed by atoms with Crippen LogP contribution < -0.4 is 10.6 Å². The van der Waals surface area contributed by atoms with E-state index < -0.39 is 0 Å². The molecule has 0 aromatic heterocycles. The predicted octanol–water partition coefficient (Wildman–Crippen LogP) is 2.83. The van der Waals surface area contributed by atoms with E-state index in [1.807, 2.05) is 0 Å². The number of rotatable bonds is 7. The molecule has 2 rings (SSSR count). The van der Waals surface area contributed by atoms with Gasteiger partial charge in [0.2, 0.25) is 5.91 Å². The summed E-state index contributed by atoms with van der Waals surface area (Å²) >= 11 is 0. The van der Waals surface area contributed by atoms with Crippen LogP contribution in [0.1, 0.15) is 64.7 Å². The normalized spacial score (nSPS) is 20.5. The van der Waals surface area contributed by atoms with E-state index in [1.54, 1.807) is 19.0 Å². The summed E-state index contributed by atoms with van der Waals surface area (Å²) in [7, 11) is 3.60. The van der Waals surface area contributed by atoms with Crippen LogP contribution in [-0.4, -0.2) is 74.0 Å². The van der Waals surface area contributed by atoms with Crippen molar-refractivity contribution in [3.05, 3.63) is 0 Å². The van der Waals surface area contributed by atoms with Crippen LogP contribution in [0.4, 0.5) is 0 Å². The molecule has 7 heteroatoms. The third-order valence-electron chi connectivity index (χ3n) is 5.82. The van der Waals surface area contributed by atoms with Gasteiger partial charge in [0.15, 0.2) is 5.96 Å². The Bertz CT molecular complexity index is 457. The molecule has 0 aromatic rings. The molecule has 1 aliphatic carbocycles. The fourth-order valence-corrected chi connectivity index (χ4v) is 4.23. The first-order chi connectivity index (χ1) is 12.6. The molecule has 1 saturated heterocycles. The zero-order valence-electron chi connectivity index (χ0n) is 17.6. The molecule has 0 bridgehead atoms. The highest BCUT2D eigenvalue weighted by molar-refractivity contribution is 14.0. The van der Waals surface area contributed by atoms with Crippen molar-refractivity contribution in [3.8, 4) is 0 Å². The van der Waals surface area contributed by atoms with Crippen molar-refractivity contribution in [2.24, 2.45) is 4.99 Å². The Morgan fingerprint density at radius 1 is 1.04 bits per heavy atom. The van der Waals surface area contributed by atoms with Crippen LogP contribution in [-0.2, 0) is 4.79 Å². The lowest BCUT2D eigenvalue weighted by Crippen LogP contribution is -2.54. The molecule has 6 nitrogen and oxygen atoms in total. The number of carbonyl (C=O) groups is 1. The molecular weight excluding hydrogens is 453 g/mol. The van der Waals surface area contributed by atoms with Crippen molar-refractivity contribution in [2.45, 2.75) is 70.3 Å². The molecule has 2 aliphatic rings. The highest BCUT2D eigenvalue weighted by atomic mass is 127. The van der Waals surface area contributed by atoms with Crippen molar-refractivity contribution in [2.75, 3.05) is 46.8 Å². The second-order valence-electron chi connectivity index (χ2n) is 7.99. The van der Waals surface area contributed by atoms with E-state index in [0.717, 1.165) is 19.0 Å². The van der Waals surface area contributed by atoms with Gasteiger partial charge in [-0.15, -0.1) is 24.0 Å². The van der Waals surface area contributed by atoms with Gasteiger partial charge < -0.3 is 15.5 Å². The van der Waals surface area contributed by atoms with E-state index in [0.29, 0.717) is 13.0 Å². The van der Waals surface area contributed by atoms with Crippen molar-refractivity contribution in [1.29, 1.82) is 0 Å². The van der Waals surface area contributed by atoms with E-state index in [2.05, 4.69) is 22.5 Å². The zero-order chi connectivity index (χ0) is 18.8. The van der Waals surface area contributed by atoms with Gasteiger partial charge in [-0.05, 0) is 45.7 Å². The molecule has 1 heterocycles. The third kappa shape index (κ3) is 7.75. The number of guanidine groups is 1. The van der Waals surface area contributed by atoms with Crippen molar-refractivity contribution >= 4 is 35.8 Å². The Balaban J connectivity index is 0.00000364. The predicted molar refractivity (Wildman–Crippen MR) is 124 cm³/mol. The number of carbonyl (C=O) groups excluding carboxylic acids is 1. The minimum absolute atomic E-state index is 0. The van der Waals surface area contributed by atoms with Gasteiger partial charge in [0, 0.05) is 39.1 Å². The number of aliphatic imine (C=N–C) groups is 1. The Labute approximate surface area is 182 Å². The first-order valence-corrected chi connectivity index (χ1v) is 10.5. The summed E-state index contributed by atoms with van der Waals surface area (Å²) in [6.45, 7) is 6.88. The summed E-state index contributed by atoms with van der Waals surface area (Å²) in [4.78, 5) is 21.1. The van der Waals surface area contributed by atoms with Crippen LogP contribution in [0, 0.1) is 0 Å². The summed E-state index contributed by atoms with van der Waals surface area (Å²) in [6.07, 6.45) is 11.1. The number of amides is 1. The topological polar surface area (TPSA) is 60.0 Å². The molecule has 27 heavy (non-hydrogen) atoms.